The van der Waals surface area contributed by atoms with Crippen molar-refractivity contribution in [3.05, 3.63) is 29.8 Å². The summed E-state index contributed by atoms with van der Waals surface area (Å²) in [6, 6.07) is 2.23. The Kier molecular flexibility index (Phi) is 3.36. The van der Waals surface area contributed by atoms with Crippen molar-refractivity contribution in [2.24, 2.45) is 5.73 Å². The van der Waals surface area contributed by atoms with Crippen LogP contribution in [-0.4, -0.2) is 0 Å². The van der Waals surface area contributed by atoms with E-state index in [0.717, 1.165) is 6.07 Å². The highest BCUT2D eigenvalue weighted by Crippen LogP contribution is 3.02. The normalized spacial score (nSPS) is 17.9. The Morgan fingerprint density at radius 2 is 1.62 bits per heavy atom. The van der Waals surface area contributed by atoms with Crippen LogP contribution in [0.2, 0.25) is 0 Å². The second-order valence-electron chi connectivity index (χ2n) is 3.33. The summed E-state index contributed by atoms with van der Waals surface area (Å²) in [7, 11) is -9.57. The molecule has 0 saturated carbocycles. The van der Waals surface area contributed by atoms with E-state index in [1.807, 2.05) is 0 Å². The molecule has 16 heavy (non-hydrogen) atoms. The third-order valence-corrected chi connectivity index (χ3v) is 2.97. The van der Waals surface area contributed by atoms with Crippen molar-refractivity contribution in [2.45, 2.75) is 17.9 Å². The number of halogens is 6. The average molecular weight is 284 g/mol. The summed E-state index contributed by atoms with van der Waals surface area (Å²) >= 11 is 0. The first-order valence-electron chi connectivity index (χ1n) is 4.00. The molecule has 0 amide bonds. The van der Waals surface area contributed by atoms with Gasteiger partial charge in [-0.3, -0.25) is 0 Å². The fourth-order valence-electron chi connectivity index (χ4n) is 1.04. The summed E-state index contributed by atoms with van der Waals surface area (Å²) in [6.45, 7) is 1.42. The van der Waals surface area contributed by atoms with Gasteiger partial charge in [-0.25, -0.2) is 0 Å². The van der Waals surface area contributed by atoms with Crippen LogP contribution in [0.4, 0.5) is 19.4 Å². The van der Waals surface area contributed by atoms with Crippen LogP contribution < -0.4 is 5.73 Å². The van der Waals surface area contributed by atoms with E-state index in [0.29, 0.717) is 12.1 Å². The first-order chi connectivity index (χ1) is 6.40. The van der Waals surface area contributed by atoms with E-state index >= 15 is 0 Å². The van der Waals surface area contributed by atoms with Crippen LogP contribution in [0.15, 0.2) is 29.2 Å². The van der Waals surface area contributed by atoms with E-state index in [9.17, 15) is 19.4 Å². The molecule has 0 fully saturated rings. The molecule has 8 heteroatoms. The van der Waals surface area contributed by atoms with E-state index in [4.69, 9.17) is 5.73 Å². The molecule has 1 aromatic rings. The molecule has 1 nitrogen and oxygen atoms in total. The number of hydrogen-bond donors (Lipinski definition) is 1. The first-order valence-corrected chi connectivity index (χ1v) is 5.95. The topological polar surface area (TPSA) is 26.0 Å². The molecule has 1 aromatic carbocycles. The van der Waals surface area contributed by atoms with Gasteiger partial charge in [-0.1, -0.05) is 31.6 Å². The SMILES string of the molecule is C[C@@H](N)c1cccc(S(F)(F)(F)(F)F)c1.Cl. The summed E-state index contributed by atoms with van der Waals surface area (Å²) < 4.78 is 61.8. The lowest BCUT2D eigenvalue weighted by atomic mass is 10.1. The molecular weight excluding hydrogens is 273 g/mol. The van der Waals surface area contributed by atoms with E-state index < -0.39 is 21.2 Å². The maximum Gasteiger partial charge on any atom is 0.310 e. The summed E-state index contributed by atoms with van der Waals surface area (Å²) in [4.78, 5) is -1.90. The minimum Gasteiger partial charge on any atom is -0.324 e. The standard InChI is InChI=1S/C8H10F5NS.ClH/c1-6(14)7-3-2-4-8(5-7)15(9,10,11,12)13;/h2-6H,14H2,1H3;1H/t6-;/m1./s1. The summed E-state index contributed by atoms with van der Waals surface area (Å²) in [5.41, 5.74) is 5.34. The zero-order chi connectivity index (χ0) is 12.0. The maximum absolute atomic E-state index is 12.4. The molecule has 0 unspecified atom stereocenters. The molecule has 0 saturated heterocycles. The Morgan fingerprint density at radius 3 is 2.00 bits per heavy atom. The number of benzene rings is 1. The van der Waals surface area contributed by atoms with Crippen molar-refractivity contribution in [2.75, 3.05) is 0 Å². The van der Waals surface area contributed by atoms with Crippen molar-refractivity contribution in [3.63, 3.8) is 0 Å². The lowest BCUT2D eigenvalue weighted by molar-refractivity contribution is 0.364. The summed E-state index contributed by atoms with van der Waals surface area (Å²) in [5, 5.41) is 0. The third kappa shape index (κ3) is 3.80. The number of hydrogen-bond acceptors (Lipinski definition) is 1. The summed E-state index contributed by atoms with van der Waals surface area (Å²) in [5.74, 6) is 0. The minimum absolute atomic E-state index is 0. The van der Waals surface area contributed by atoms with Crippen LogP contribution in [0.1, 0.15) is 18.5 Å². The van der Waals surface area contributed by atoms with Crippen LogP contribution in [0, 0.1) is 0 Å². The highest BCUT2D eigenvalue weighted by Gasteiger charge is 2.65. The average Bonchev–Trinajstić information content (AvgIpc) is 2.00. The summed E-state index contributed by atoms with van der Waals surface area (Å²) in [6.07, 6.45) is 0. The molecule has 1 rings (SSSR count). The monoisotopic (exact) mass is 283 g/mol. The van der Waals surface area contributed by atoms with Crippen LogP contribution in [0.25, 0.3) is 0 Å². The lowest BCUT2D eigenvalue weighted by Gasteiger charge is -2.40. The Morgan fingerprint density at radius 1 is 1.12 bits per heavy atom. The predicted molar refractivity (Wildman–Crippen MR) is 57.7 cm³/mol. The molecule has 0 spiro atoms. The van der Waals surface area contributed by atoms with E-state index in [2.05, 4.69) is 0 Å². The van der Waals surface area contributed by atoms with Gasteiger partial charge in [-0.2, -0.15) is 0 Å². The van der Waals surface area contributed by atoms with Gasteiger partial charge in [-0.15, -0.1) is 12.4 Å². The van der Waals surface area contributed by atoms with Gasteiger partial charge in [0.05, 0.1) is 0 Å². The Bertz CT molecular complexity index is 388. The van der Waals surface area contributed by atoms with Gasteiger partial charge in [0.25, 0.3) is 0 Å². The van der Waals surface area contributed by atoms with Crippen molar-refractivity contribution in [1.29, 1.82) is 0 Å². The molecule has 0 aliphatic rings. The van der Waals surface area contributed by atoms with Gasteiger partial charge < -0.3 is 5.73 Å². The quantitative estimate of drug-likeness (QED) is 0.776. The molecule has 0 heterocycles. The van der Waals surface area contributed by atoms with Crippen LogP contribution >= 0.6 is 22.6 Å². The van der Waals surface area contributed by atoms with Gasteiger partial charge in [0.2, 0.25) is 0 Å². The molecule has 96 valence electrons. The van der Waals surface area contributed by atoms with Crippen LogP contribution in [-0.2, 0) is 0 Å². The van der Waals surface area contributed by atoms with Gasteiger partial charge in [0.15, 0.2) is 0 Å². The molecule has 1 atom stereocenters. The molecular formula is C8H11ClF5NS. The third-order valence-electron chi connectivity index (χ3n) is 1.83. The molecule has 0 aliphatic heterocycles. The molecule has 0 aliphatic carbocycles. The second-order valence-corrected chi connectivity index (χ2v) is 5.74. The first kappa shape index (κ1) is 15.5. The van der Waals surface area contributed by atoms with Crippen molar-refractivity contribution < 1.29 is 19.4 Å². The van der Waals surface area contributed by atoms with Gasteiger partial charge >= 0.3 is 10.2 Å². The van der Waals surface area contributed by atoms with Gasteiger partial charge in [0.1, 0.15) is 4.90 Å². The fraction of sp³-hybridized carbons (Fsp3) is 0.250. The lowest BCUT2D eigenvalue weighted by Crippen LogP contribution is -2.09. The van der Waals surface area contributed by atoms with E-state index in [1.54, 1.807) is 0 Å². The fourth-order valence-corrected chi connectivity index (χ4v) is 1.73. The molecule has 0 aromatic heterocycles. The Balaban J connectivity index is 0.00000225. The van der Waals surface area contributed by atoms with E-state index in [-0.39, 0.29) is 18.0 Å². The largest absolute Gasteiger partial charge is 0.324 e. The number of nitrogens with two attached hydrogens (primary N) is 1. The smallest absolute Gasteiger partial charge is 0.310 e. The molecule has 2 N–H and O–H groups in total. The minimum atomic E-state index is -9.57. The maximum atomic E-state index is 12.4. The Hall–Kier alpha value is -0.530. The van der Waals surface area contributed by atoms with Crippen LogP contribution in [0.3, 0.4) is 0 Å². The zero-order valence-corrected chi connectivity index (χ0v) is 9.80. The predicted octanol–water partition coefficient (Wildman–Crippen LogP) is 4.79. The Labute approximate surface area is 96.0 Å². The molecule has 0 radical (unpaired) electrons. The van der Waals surface area contributed by atoms with E-state index in [1.165, 1.54) is 13.0 Å². The van der Waals surface area contributed by atoms with Crippen LogP contribution in [0.5, 0.6) is 0 Å². The van der Waals surface area contributed by atoms with Gasteiger partial charge in [-0.05, 0) is 24.6 Å². The zero-order valence-electron chi connectivity index (χ0n) is 8.17. The van der Waals surface area contributed by atoms with Crippen molar-refractivity contribution in [1.82, 2.24) is 0 Å². The second kappa shape index (κ2) is 3.48. The van der Waals surface area contributed by atoms with Crippen molar-refractivity contribution >= 4 is 22.6 Å². The van der Waals surface area contributed by atoms with Crippen molar-refractivity contribution in [3.8, 4) is 0 Å². The highest BCUT2D eigenvalue weighted by molar-refractivity contribution is 8.45. The molecule has 0 bridgehead atoms. The van der Waals surface area contributed by atoms with Gasteiger partial charge in [0, 0.05) is 6.04 Å². The highest BCUT2D eigenvalue weighted by atomic mass is 35.5. The number of rotatable bonds is 2.